The predicted molar refractivity (Wildman–Crippen MR) is 187 cm³/mol. The number of thiophene rings is 1. The summed E-state index contributed by atoms with van der Waals surface area (Å²) in [7, 11) is -3.15. The number of piperidine rings is 1. The molecule has 1 atom stereocenters. The normalized spacial score (nSPS) is 18.7. The number of halogens is 3. The summed E-state index contributed by atoms with van der Waals surface area (Å²) >= 11 is 1.10. The van der Waals surface area contributed by atoms with Gasteiger partial charge in [0.15, 0.2) is 0 Å². The standard InChI is InChI=1S/C34H46F3N7O2S2/c1-6-31-39-32(29-18-27(19-34(35,36)37)47-33(29)40-31)38-26-9-11-41(12-10-26)21-25-7-8-30-28(24(25)4)17-22(2)44(30)20-23(3)42-13-15-43(16-14-42)48(5,45)46/h7-8,17-18,23,26H,6,9-16,19-21H2,1-5H3,(H,38,39,40)/t23-/m0/s1. The molecule has 4 aromatic rings. The first-order valence-electron chi connectivity index (χ1n) is 16.8. The Balaban J connectivity index is 1.08. The van der Waals surface area contributed by atoms with Crippen molar-refractivity contribution in [1.29, 1.82) is 0 Å². The zero-order chi connectivity index (χ0) is 34.4. The average Bonchev–Trinajstić information content (AvgIpc) is 3.58. The Kier molecular flexibility index (Phi) is 10.1. The topological polar surface area (TPSA) is 86.6 Å². The van der Waals surface area contributed by atoms with E-state index in [1.807, 2.05) is 6.92 Å². The molecule has 0 bridgehead atoms. The number of anilines is 1. The smallest absolute Gasteiger partial charge is 0.367 e. The second-order valence-electron chi connectivity index (χ2n) is 13.5. The van der Waals surface area contributed by atoms with Crippen molar-refractivity contribution in [3.05, 3.63) is 51.8 Å². The maximum Gasteiger partial charge on any atom is 0.393 e. The van der Waals surface area contributed by atoms with Gasteiger partial charge in [-0.3, -0.25) is 9.80 Å². The molecule has 0 unspecified atom stereocenters. The highest BCUT2D eigenvalue weighted by Crippen LogP contribution is 2.34. The molecule has 48 heavy (non-hydrogen) atoms. The van der Waals surface area contributed by atoms with Gasteiger partial charge in [0.05, 0.1) is 18.1 Å². The number of nitrogens with one attached hydrogen (secondary N) is 1. The number of aryl methyl sites for hydroxylation is 3. The minimum Gasteiger partial charge on any atom is -0.367 e. The van der Waals surface area contributed by atoms with Gasteiger partial charge >= 0.3 is 6.18 Å². The molecule has 2 aliphatic rings. The van der Waals surface area contributed by atoms with Crippen molar-refractivity contribution < 1.29 is 21.6 Å². The van der Waals surface area contributed by atoms with E-state index in [9.17, 15) is 21.6 Å². The number of rotatable bonds is 10. The van der Waals surface area contributed by atoms with Gasteiger partial charge in [0.25, 0.3) is 0 Å². The van der Waals surface area contributed by atoms with Crippen LogP contribution in [0.2, 0.25) is 0 Å². The molecule has 1 aromatic carbocycles. The molecule has 3 aromatic heterocycles. The van der Waals surface area contributed by atoms with Crippen LogP contribution in [-0.2, 0) is 36.0 Å². The third-order valence-corrected chi connectivity index (χ3v) is 12.3. The molecule has 0 radical (unpaired) electrons. The van der Waals surface area contributed by atoms with Crippen LogP contribution in [0, 0.1) is 13.8 Å². The highest BCUT2D eigenvalue weighted by molar-refractivity contribution is 7.88. The summed E-state index contributed by atoms with van der Waals surface area (Å²) in [4.78, 5) is 14.9. The Hall–Kier alpha value is -2.78. The first kappa shape index (κ1) is 35.1. The SMILES string of the molecule is CCc1nc(NC2CCN(Cc3ccc4c(cc(C)n4C[C@H](C)N4CCN(S(C)(=O)=O)CC4)c3C)CC2)c2cc(CC(F)(F)F)sc2n1. The van der Waals surface area contributed by atoms with Crippen molar-refractivity contribution in [3.8, 4) is 0 Å². The van der Waals surface area contributed by atoms with E-state index in [4.69, 9.17) is 0 Å². The van der Waals surface area contributed by atoms with E-state index < -0.39 is 22.6 Å². The first-order valence-corrected chi connectivity index (χ1v) is 19.5. The van der Waals surface area contributed by atoms with Crippen LogP contribution in [0.4, 0.5) is 19.0 Å². The van der Waals surface area contributed by atoms with Gasteiger partial charge in [-0.05, 0) is 62.9 Å². The minimum atomic E-state index is -4.26. The maximum absolute atomic E-state index is 13.1. The zero-order valence-electron chi connectivity index (χ0n) is 28.4. The molecule has 0 aliphatic carbocycles. The predicted octanol–water partition coefficient (Wildman–Crippen LogP) is 5.97. The van der Waals surface area contributed by atoms with Crippen LogP contribution in [0.15, 0.2) is 24.3 Å². The highest BCUT2D eigenvalue weighted by Gasteiger charge is 2.30. The van der Waals surface area contributed by atoms with Gasteiger partial charge in [0.1, 0.15) is 16.5 Å². The lowest BCUT2D eigenvalue weighted by Crippen LogP contribution is -2.51. The maximum atomic E-state index is 13.1. The molecule has 1 N–H and O–H groups in total. The van der Waals surface area contributed by atoms with E-state index in [1.165, 1.54) is 34.0 Å². The van der Waals surface area contributed by atoms with Gasteiger partial charge in [-0.15, -0.1) is 11.3 Å². The average molecular weight is 706 g/mol. The number of hydrogen-bond acceptors (Lipinski definition) is 8. The van der Waals surface area contributed by atoms with E-state index in [1.54, 1.807) is 10.4 Å². The monoisotopic (exact) mass is 705 g/mol. The largest absolute Gasteiger partial charge is 0.393 e. The van der Waals surface area contributed by atoms with Crippen LogP contribution in [0.3, 0.4) is 0 Å². The summed E-state index contributed by atoms with van der Waals surface area (Å²) in [6.45, 7) is 14.6. The minimum absolute atomic E-state index is 0.187. The first-order chi connectivity index (χ1) is 22.7. The number of fused-ring (bicyclic) bond motifs is 2. The van der Waals surface area contributed by atoms with Crippen LogP contribution in [0.1, 0.15) is 54.2 Å². The lowest BCUT2D eigenvalue weighted by atomic mass is 10.0. The third-order valence-electron chi connectivity index (χ3n) is 9.99. The molecule has 5 heterocycles. The molecule has 14 heteroatoms. The Bertz CT molecular complexity index is 1870. The highest BCUT2D eigenvalue weighted by atomic mass is 32.2. The van der Waals surface area contributed by atoms with Crippen molar-refractivity contribution in [2.75, 3.05) is 50.8 Å². The lowest BCUT2D eigenvalue weighted by molar-refractivity contribution is -0.126. The summed E-state index contributed by atoms with van der Waals surface area (Å²) < 4.78 is 67.1. The van der Waals surface area contributed by atoms with Crippen LogP contribution < -0.4 is 5.32 Å². The Morgan fingerprint density at radius 2 is 1.73 bits per heavy atom. The summed E-state index contributed by atoms with van der Waals surface area (Å²) in [5, 5.41) is 5.51. The molecule has 0 amide bonds. The number of sulfonamides is 1. The number of nitrogens with zero attached hydrogens (tertiary/aromatic N) is 6. The number of likely N-dealkylation sites (tertiary alicyclic amines) is 1. The van der Waals surface area contributed by atoms with Crippen molar-refractivity contribution in [2.24, 2.45) is 0 Å². The lowest BCUT2D eigenvalue weighted by Gasteiger charge is -2.37. The summed E-state index contributed by atoms with van der Waals surface area (Å²) in [5.41, 5.74) is 5.07. The fraction of sp³-hybridized carbons (Fsp3) is 0.588. The molecule has 0 saturated carbocycles. The molecule has 262 valence electrons. The molecular weight excluding hydrogens is 660 g/mol. The van der Waals surface area contributed by atoms with E-state index in [0.29, 0.717) is 41.4 Å². The van der Waals surface area contributed by atoms with Gasteiger partial charge in [-0.1, -0.05) is 13.0 Å². The zero-order valence-corrected chi connectivity index (χ0v) is 30.0. The number of piperazine rings is 1. The van der Waals surface area contributed by atoms with Crippen molar-refractivity contribution in [2.45, 2.75) is 84.7 Å². The summed E-state index contributed by atoms with van der Waals surface area (Å²) in [6, 6.07) is 8.85. The molecular formula is C34H46F3N7O2S2. The molecule has 2 aliphatic heterocycles. The molecule has 6 rings (SSSR count). The van der Waals surface area contributed by atoms with Crippen LogP contribution >= 0.6 is 11.3 Å². The van der Waals surface area contributed by atoms with Crippen LogP contribution in [0.5, 0.6) is 0 Å². The van der Waals surface area contributed by atoms with Crippen molar-refractivity contribution in [1.82, 2.24) is 28.6 Å². The van der Waals surface area contributed by atoms with E-state index in [2.05, 4.69) is 68.6 Å². The Labute approximate surface area is 285 Å². The quantitative estimate of drug-likeness (QED) is 0.218. The molecule has 2 fully saturated rings. The van der Waals surface area contributed by atoms with Crippen molar-refractivity contribution >= 4 is 48.3 Å². The van der Waals surface area contributed by atoms with Gasteiger partial charge < -0.3 is 9.88 Å². The van der Waals surface area contributed by atoms with Gasteiger partial charge in [0.2, 0.25) is 10.0 Å². The van der Waals surface area contributed by atoms with E-state index in [-0.39, 0.29) is 17.0 Å². The number of alkyl halides is 3. The van der Waals surface area contributed by atoms with Crippen molar-refractivity contribution in [3.63, 3.8) is 0 Å². The van der Waals surface area contributed by atoms with Crippen LogP contribution in [-0.4, -0.2) is 101 Å². The fourth-order valence-corrected chi connectivity index (χ4v) is 9.07. The Morgan fingerprint density at radius 3 is 2.38 bits per heavy atom. The molecule has 2 saturated heterocycles. The second-order valence-corrected chi connectivity index (χ2v) is 16.6. The summed E-state index contributed by atoms with van der Waals surface area (Å²) in [5.74, 6) is 1.28. The summed E-state index contributed by atoms with van der Waals surface area (Å²) in [6.07, 6.45) is -1.47. The molecule has 0 spiro atoms. The fourth-order valence-electron chi connectivity index (χ4n) is 7.16. The number of benzene rings is 1. The Morgan fingerprint density at radius 1 is 1.02 bits per heavy atom. The van der Waals surface area contributed by atoms with Gasteiger partial charge in [0, 0.05) is 92.3 Å². The second kappa shape index (κ2) is 13.9. The third kappa shape index (κ3) is 7.83. The van der Waals surface area contributed by atoms with Gasteiger partial charge in [-0.2, -0.15) is 17.5 Å². The van der Waals surface area contributed by atoms with Crippen LogP contribution in [0.25, 0.3) is 21.1 Å². The van der Waals surface area contributed by atoms with Gasteiger partial charge in [-0.25, -0.2) is 18.4 Å². The van der Waals surface area contributed by atoms with E-state index in [0.717, 1.165) is 63.4 Å². The van der Waals surface area contributed by atoms with E-state index >= 15 is 0 Å². The number of hydrogen-bond donors (Lipinski definition) is 1. The number of aromatic nitrogens is 3. The molecule has 9 nitrogen and oxygen atoms in total.